The van der Waals surface area contributed by atoms with Crippen molar-refractivity contribution in [3.05, 3.63) is 28.2 Å². The number of nitrogens with one attached hydrogen (secondary N) is 1. The van der Waals surface area contributed by atoms with Crippen LogP contribution >= 0.6 is 27.3 Å². The zero-order valence-electron chi connectivity index (χ0n) is 8.29. The molecule has 0 aliphatic rings. The summed E-state index contributed by atoms with van der Waals surface area (Å²) in [6.45, 7) is 0. The Morgan fingerprint density at radius 2 is 2.18 bits per heavy atom. The van der Waals surface area contributed by atoms with Crippen molar-refractivity contribution >= 4 is 48.1 Å². The predicted molar refractivity (Wildman–Crippen MR) is 69.3 cm³/mol. The van der Waals surface area contributed by atoms with E-state index in [9.17, 15) is 8.42 Å². The average molecular weight is 335 g/mol. The summed E-state index contributed by atoms with van der Waals surface area (Å²) in [6.07, 6.45) is 0. The van der Waals surface area contributed by atoms with E-state index in [-0.39, 0.29) is 15.7 Å². The molecule has 3 N–H and O–H groups in total. The second-order valence-corrected chi connectivity index (χ2v) is 6.43. The van der Waals surface area contributed by atoms with E-state index in [2.05, 4.69) is 30.8 Å². The van der Waals surface area contributed by atoms with Crippen LogP contribution in [0.5, 0.6) is 0 Å². The number of aromatic nitrogens is 2. The monoisotopic (exact) mass is 334 g/mol. The molecule has 0 radical (unpaired) electrons. The molecule has 1 heterocycles. The van der Waals surface area contributed by atoms with Gasteiger partial charge in [-0.15, -0.1) is 10.2 Å². The standard InChI is InChI=1S/C8H7BrN4O2S2/c9-5-1-2-6(10)7(3-5)17(14,15)13-8-12-11-4-16-8/h1-4H,10H2,(H,12,13). The molecule has 0 saturated carbocycles. The first-order chi connectivity index (χ1) is 7.99. The van der Waals surface area contributed by atoms with E-state index in [0.717, 1.165) is 11.3 Å². The number of rotatable bonds is 3. The van der Waals surface area contributed by atoms with Gasteiger partial charge in [-0.1, -0.05) is 27.3 Å². The van der Waals surface area contributed by atoms with E-state index in [4.69, 9.17) is 5.73 Å². The highest BCUT2D eigenvalue weighted by Gasteiger charge is 2.19. The summed E-state index contributed by atoms with van der Waals surface area (Å²) >= 11 is 4.28. The number of hydrogen-bond acceptors (Lipinski definition) is 6. The molecule has 0 fully saturated rings. The maximum atomic E-state index is 12.0. The molecular formula is C8H7BrN4O2S2. The molecule has 0 aliphatic carbocycles. The van der Waals surface area contributed by atoms with Crippen LogP contribution in [0, 0.1) is 0 Å². The lowest BCUT2D eigenvalue weighted by molar-refractivity contribution is 0.601. The highest BCUT2D eigenvalue weighted by atomic mass is 79.9. The number of hydrogen-bond donors (Lipinski definition) is 2. The lowest BCUT2D eigenvalue weighted by Gasteiger charge is -2.07. The predicted octanol–water partition coefficient (Wildman–Crippen LogP) is 1.68. The molecule has 0 spiro atoms. The van der Waals surface area contributed by atoms with Crippen LogP contribution in [-0.2, 0) is 10.0 Å². The molecule has 0 saturated heterocycles. The van der Waals surface area contributed by atoms with Crippen molar-refractivity contribution in [2.45, 2.75) is 4.90 Å². The van der Waals surface area contributed by atoms with Gasteiger partial charge in [0.2, 0.25) is 5.13 Å². The van der Waals surface area contributed by atoms with Crippen molar-refractivity contribution in [1.82, 2.24) is 10.2 Å². The summed E-state index contributed by atoms with van der Waals surface area (Å²) in [5, 5.41) is 7.34. The molecule has 0 aliphatic heterocycles. The summed E-state index contributed by atoms with van der Waals surface area (Å²) in [7, 11) is -3.73. The SMILES string of the molecule is Nc1ccc(Br)cc1S(=O)(=O)Nc1nncs1. The Hall–Kier alpha value is -1.19. The fraction of sp³-hybridized carbons (Fsp3) is 0. The Bertz CT molecular complexity index is 627. The molecule has 0 bridgehead atoms. The van der Waals surface area contributed by atoms with Gasteiger partial charge >= 0.3 is 0 Å². The van der Waals surface area contributed by atoms with Gasteiger partial charge in [0.05, 0.1) is 5.69 Å². The lowest BCUT2D eigenvalue weighted by Crippen LogP contribution is -2.14. The molecule has 9 heteroatoms. The van der Waals surface area contributed by atoms with Gasteiger partial charge in [-0.3, -0.25) is 4.72 Å². The minimum atomic E-state index is -3.73. The summed E-state index contributed by atoms with van der Waals surface area (Å²) < 4.78 is 26.9. The fourth-order valence-electron chi connectivity index (χ4n) is 1.13. The highest BCUT2D eigenvalue weighted by Crippen LogP contribution is 2.25. The lowest BCUT2D eigenvalue weighted by atomic mass is 10.3. The van der Waals surface area contributed by atoms with Crippen molar-refractivity contribution in [2.75, 3.05) is 10.5 Å². The normalized spacial score (nSPS) is 11.4. The van der Waals surface area contributed by atoms with Crippen LogP contribution in [0.3, 0.4) is 0 Å². The van der Waals surface area contributed by atoms with Crippen molar-refractivity contribution in [3.8, 4) is 0 Å². The summed E-state index contributed by atoms with van der Waals surface area (Å²) in [5.41, 5.74) is 7.24. The molecule has 2 rings (SSSR count). The summed E-state index contributed by atoms with van der Waals surface area (Å²) in [6, 6.07) is 4.61. The third-order valence-electron chi connectivity index (χ3n) is 1.85. The van der Waals surface area contributed by atoms with Crippen LogP contribution in [0.4, 0.5) is 10.8 Å². The molecule has 2 aromatic rings. The Morgan fingerprint density at radius 3 is 2.82 bits per heavy atom. The zero-order chi connectivity index (χ0) is 12.5. The third kappa shape index (κ3) is 2.73. The van der Waals surface area contributed by atoms with E-state index >= 15 is 0 Å². The second kappa shape index (κ2) is 4.59. The highest BCUT2D eigenvalue weighted by molar-refractivity contribution is 9.10. The molecule has 1 aromatic heterocycles. The van der Waals surface area contributed by atoms with Crippen molar-refractivity contribution in [1.29, 1.82) is 0 Å². The molecule has 0 unspecified atom stereocenters. The smallest absolute Gasteiger partial charge is 0.265 e. The van der Waals surface area contributed by atoms with E-state index < -0.39 is 10.0 Å². The number of halogens is 1. The maximum absolute atomic E-state index is 12.0. The van der Waals surface area contributed by atoms with Crippen molar-refractivity contribution in [3.63, 3.8) is 0 Å². The number of nitrogens with zero attached hydrogens (tertiary/aromatic N) is 2. The molecule has 90 valence electrons. The summed E-state index contributed by atoms with van der Waals surface area (Å²) in [5.74, 6) is 0. The van der Waals surface area contributed by atoms with E-state index in [1.807, 2.05) is 0 Å². The van der Waals surface area contributed by atoms with E-state index in [1.165, 1.54) is 17.6 Å². The maximum Gasteiger partial charge on any atom is 0.265 e. The quantitative estimate of drug-likeness (QED) is 0.832. The first-order valence-corrected chi connectivity index (χ1v) is 7.48. The van der Waals surface area contributed by atoms with Crippen LogP contribution in [-0.4, -0.2) is 18.6 Å². The van der Waals surface area contributed by atoms with Gasteiger partial charge in [0.1, 0.15) is 10.4 Å². The van der Waals surface area contributed by atoms with Gasteiger partial charge in [0, 0.05) is 4.47 Å². The first kappa shape index (κ1) is 12.3. The zero-order valence-corrected chi connectivity index (χ0v) is 11.5. The molecule has 0 atom stereocenters. The van der Waals surface area contributed by atoms with Gasteiger partial charge in [-0.05, 0) is 18.2 Å². The van der Waals surface area contributed by atoms with Gasteiger partial charge in [-0.25, -0.2) is 8.42 Å². The number of nitrogen functional groups attached to an aromatic ring is 1. The largest absolute Gasteiger partial charge is 0.398 e. The number of anilines is 2. The topological polar surface area (TPSA) is 98.0 Å². The molecule has 17 heavy (non-hydrogen) atoms. The van der Waals surface area contributed by atoms with Gasteiger partial charge in [0.15, 0.2) is 0 Å². The van der Waals surface area contributed by atoms with Gasteiger partial charge in [0.25, 0.3) is 10.0 Å². The van der Waals surface area contributed by atoms with Crippen LogP contribution in [0.1, 0.15) is 0 Å². The Kier molecular flexibility index (Phi) is 3.31. The van der Waals surface area contributed by atoms with E-state index in [0.29, 0.717) is 4.47 Å². The molecular weight excluding hydrogens is 328 g/mol. The van der Waals surface area contributed by atoms with Crippen molar-refractivity contribution < 1.29 is 8.42 Å². The molecule has 1 aromatic carbocycles. The molecule has 6 nitrogen and oxygen atoms in total. The van der Waals surface area contributed by atoms with Gasteiger partial charge < -0.3 is 5.73 Å². The summed E-state index contributed by atoms with van der Waals surface area (Å²) in [4.78, 5) is 0.00192. The van der Waals surface area contributed by atoms with Crippen LogP contribution in [0.2, 0.25) is 0 Å². The number of sulfonamides is 1. The first-order valence-electron chi connectivity index (χ1n) is 4.33. The second-order valence-electron chi connectivity index (χ2n) is 3.03. The third-order valence-corrected chi connectivity index (χ3v) is 4.47. The Balaban J connectivity index is 2.41. The minimum absolute atomic E-state index is 0.00192. The van der Waals surface area contributed by atoms with Gasteiger partial charge in [-0.2, -0.15) is 0 Å². The number of benzene rings is 1. The molecule has 0 amide bonds. The Morgan fingerprint density at radius 1 is 1.41 bits per heavy atom. The van der Waals surface area contributed by atoms with E-state index in [1.54, 1.807) is 6.07 Å². The van der Waals surface area contributed by atoms with Crippen molar-refractivity contribution in [2.24, 2.45) is 0 Å². The average Bonchev–Trinajstić information content (AvgIpc) is 2.73. The van der Waals surface area contributed by atoms with Crippen LogP contribution < -0.4 is 10.5 Å². The Labute approximate surface area is 110 Å². The van der Waals surface area contributed by atoms with Crippen LogP contribution in [0.25, 0.3) is 0 Å². The van der Waals surface area contributed by atoms with Crippen LogP contribution in [0.15, 0.2) is 33.1 Å². The fourth-order valence-corrected chi connectivity index (χ4v) is 3.49. The minimum Gasteiger partial charge on any atom is -0.398 e. The number of nitrogens with two attached hydrogens (primary N) is 1.